The molecule has 3 rings (SSSR count). The number of amides is 2. The highest BCUT2D eigenvalue weighted by molar-refractivity contribution is 6.34. The summed E-state index contributed by atoms with van der Waals surface area (Å²) in [7, 11) is 0. The molecule has 0 radical (unpaired) electrons. The number of primary amides is 1. The number of piperidine rings is 1. The Hall–Kier alpha value is -2.43. The first-order valence-electron chi connectivity index (χ1n) is 7.93. The van der Waals surface area contributed by atoms with Crippen LogP contribution in [0.3, 0.4) is 0 Å². The van der Waals surface area contributed by atoms with Crippen molar-refractivity contribution in [1.29, 1.82) is 0 Å². The summed E-state index contributed by atoms with van der Waals surface area (Å²) < 4.78 is 0. The molecule has 1 aromatic carbocycles. The molecule has 5 nitrogen and oxygen atoms in total. The Balaban J connectivity index is 2.00. The number of aryl methyl sites for hydroxylation is 1. The smallest absolute Gasteiger partial charge is 0.312 e. The van der Waals surface area contributed by atoms with Crippen molar-refractivity contribution in [3.05, 3.63) is 41.6 Å². The second-order valence-electron chi connectivity index (χ2n) is 6.42. The lowest BCUT2D eigenvalue weighted by molar-refractivity contribution is -0.147. The van der Waals surface area contributed by atoms with Crippen LogP contribution in [0, 0.1) is 12.8 Å². The number of benzene rings is 1. The molecule has 0 unspecified atom stereocenters. The second-order valence-corrected chi connectivity index (χ2v) is 6.42. The highest BCUT2D eigenvalue weighted by Crippen LogP contribution is 2.34. The maximum absolute atomic E-state index is 12.2. The number of aromatic nitrogens is 1. The maximum Gasteiger partial charge on any atom is 0.312 e. The van der Waals surface area contributed by atoms with Crippen molar-refractivity contribution in [2.45, 2.75) is 32.7 Å². The van der Waals surface area contributed by atoms with Crippen LogP contribution in [-0.2, 0) is 9.59 Å². The van der Waals surface area contributed by atoms with Gasteiger partial charge >= 0.3 is 11.8 Å². The van der Waals surface area contributed by atoms with Gasteiger partial charge in [0.2, 0.25) is 0 Å². The molecule has 2 N–H and O–H groups in total. The third-order valence-corrected chi connectivity index (χ3v) is 4.53. The molecule has 2 atom stereocenters. The Labute approximate surface area is 135 Å². The average Bonchev–Trinajstić information content (AvgIpc) is 2.53. The highest BCUT2D eigenvalue weighted by Gasteiger charge is 2.33. The lowest BCUT2D eigenvalue weighted by Crippen LogP contribution is -2.46. The Morgan fingerprint density at radius 2 is 1.96 bits per heavy atom. The number of carbonyl (C=O) groups is 2. The average molecular weight is 311 g/mol. The van der Waals surface area contributed by atoms with Crippen molar-refractivity contribution in [3.63, 3.8) is 0 Å². The van der Waals surface area contributed by atoms with Gasteiger partial charge in [-0.25, -0.2) is 0 Å². The second kappa shape index (κ2) is 5.99. The van der Waals surface area contributed by atoms with E-state index in [2.05, 4.69) is 11.9 Å². The van der Waals surface area contributed by atoms with Crippen LogP contribution in [0.4, 0.5) is 0 Å². The van der Waals surface area contributed by atoms with Crippen LogP contribution in [0.5, 0.6) is 0 Å². The lowest BCUT2D eigenvalue weighted by Gasteiger charge is -2.38. The van der Waals surface area contributed by atoms with E-state index in [-0.39, 0.29) is 6.04 Å². The topological polar surface area (TPSA) is 76.3 Å². The Kier molecular flexibility index (Phi) is 4.03. The minimum absolute atomic E-state index is 0.113. The van der Waals surface area contributed by atoms with Crippen LogP contribution in [0.1, 0.15) is 37.1 Å². The maximum atomic E-state index is 12.2. The van der Waals surface area contributed by atoms with Gasteiger partial charge in [0.25, 0.3) is 0 Å². The minimum Gasteiger partial charge on any atom is -0.361 e. The molecule has 1 aliphatic rings. The Morgan fingerprint density at radius 1 is 1.22 bits per heavy atom. The zero-order valence-corrected chi connectivity index (χ0v) is 13.5. The van der Waals surface area contributed by atoms with E-state index in [1.54, 1.807) is 4.90 Å². The normalized spacial score (nSPS) is 21.4. The molecule has 0 saturated carbocycles. The molecule has 120 valence electrons. The van der Waals surface area contributed by atoms with Crippen molar-refractivity contribution >= 4 is 22.7 Å². The van der Waals surface area contributed by atoms with E-state index in [1.165, 1.54) is 0 Å². The van der Waals surface area contributed by atoms with Gasteiger partial charge < -0.3 is 10.6 Å². The number of rotatable bonds is 1. The zero-order chi connectivity index (χ0) is 16.6. The summed E-state index contributed by atoms with van der Waals surface area (Å²) in [5.74, 6) is -1.12. The van der Waals surface area contributed by atoms with Crippen molar-refractivity contribution in [2.75, 3.05) is 6.54 Å². The van der Waals surface area contributed by atoms with E-state index in [4.69, 9.17) is 5.73 Å². The fourth-order valence-corrected chi connectivity index (χ4v) is 3.31. The molecule has 2 heterocycles. The molecule has 0 bridgehead atoms. The van der Waals surface area contributed by atoms with Crippen LogP contribution in [0.25, 0.3) is 10.9 Å². The number of nitrogens with two attached hydrogens (primary N) is 1. The highest BCUT2D eigenvalue weighted by atomic mass is 16.2. The summed E-state index contributed by atoms with van der Waals surface area (Å²) in [5.41, 5.74) is 8.10. The first-order chi connectivity index (χ1) is 11.0. The number of hydrogen-bond acceptors (Lipinski definition) is 3. The van der Waals surface area contributed by atoms with Crippen LogP contribution in [0.15, 0.2) is 30.3 Å². The first-order valence-corrected chi connectivity index (χ1v) is 7.93. The molecule has 0 aliphatic carbocycles. The molecule has 5 heteroatoms. The van der Waals surface area contributed by atoms with Gasteiger partial charge in [-0.2, -0.15) is 0 Å². The number of pyridine rings is 1. The third-order valence-electron chi connectivity index (χ3n) is 4.53. The minimum atomic E-state index is -0.890. The lowest BCUT2D eigenvalue weighted by atomic mass is 9.89. The molecule has 23 heavy (non-hydrogen) atoms. The monoisotopic (exact) mass is 311 g/mol. The number of hydrogen-bond donors (Lipinski definition) is 1. The summed E-state index contributed by atoms with van der Waals surface area (Å²) in [6.07, 6.45) is 1.85. The van der Waals surface area contributed by atoms with Gasteiger partial charge in [0, 0.05) is 17.6 Å². The van der Waals surface area contributed by atoms with E-state index in [0.29, 0.717) is 12.5 Å². The standard InChI is InChI=1S/C18H21N3O2/c1-11-3-8-16(21(10-11)18(23)17(19)22)14-7-6-13-5-4-12(2)20-15(13)9-14/h4-7,9,11,16H,3,8,10H2,1-2H3,(H2,19,22)/t11-,16+/m0/s1. The number of fused-ring (bicyclic) bond motifs is 1. The predicted octanol–water partition coefficient (Wildman–Crippen LogP) is 2.33. The predicted molar refractivity (Wildman–Crippen MR) is 88.5 cm³/mol. The van der Waals surface area contributed by atoms with Crippen LogP contribution < -0.4 is 5.73 Å². The van der Waals surface area contributed by atoms with Gasteiger partial charge in [0.15, 0.2) is 0 Å². The fraction of sp³-hybridized carbons (Fsp3) is 0.389. The third kappa shape index (κ3) is 3.04. The summed E-state index contributed by atoms with van der Waals surface area (Å²) in [5, 5.41) is 1.07. The van der Waals surface area contributed by atoms with Gasteiger partial charge in [0.1, 0.15) is 0 Å². The van der Waals surface area contributed by atoms with E-state index in [0.717, 1.165) is 35.0 Å². The Bertz CT molecular complexity index is 772. The molecule has 1 aromatic heterocycles. The number of likely N-dealkylation sites (tertiary alicyclic amines) is 1. The van der Waals surface area contributed by atoms with Gasteiger partial charge in [-0.05, 0) is 43.4 Å². The zero-order valence-electron chi connectivity index (χ0n) is 13.5. The van der Waals surface area contributed by atoms with Gasteiger partial charge in [-0.3, -0.25) is 14.6 Å². The molecule has 1 fully saturated rings. The van der Waals surface area contributed by atoms with Crippen molar-refractivity contribution in [2.24, 2.45) is 11.7 Å². The molecule has 2 amide bonds. The molecule has 2 aromatic rings. The van der Waals surface area contributed by atoms with E-state index in [1.807, 2.05) is 37.3 Å². The quantitative estimate of drug-likeness (QED) is 0.821. The molecular formula is C18H21N3O2. The molecule has 1 aliphatic heterocycles. The van der Waals surface area contributed by atoms with Gasteiger partial charge in [-0.15, -0.1) is 0 Å². The summed E-state index contributed by atoms with van der Waals surface area (Å²) >= 11 is 0. The van der Waals surface area contributed by atoms with E-state index < -0.39 is 11.8 Å². The van der Waals surface area contributed by atoms with Gasteiger partial charge in [-0.1, -0.05) is 25.1 Å². The number of nitrogens with zero attached hydrogens (tertiary/aromatic N) is 2. The van der Waals surface area contributed by atoms with E-state index >= 15 is 0 Å². The first kappa shape index (κ1) is 15.5. The summed E-state index contributed by atoms with van der Waals surface area (Å²) in [4.78, 5) is 29.7. The molecule has 0 spiro atoms. The SMILES string of the molecule is Cc1ccc2ccc([C@H]3CC[C@H](C)CN3C(=O)C(N)=O)cc2n1. The van der Waals surface area contributed by atoms with Crippen LogP contribution >= 0.6 is 0 Å². The van der Waals surface area contributed by atoms with Crippen molar-refractivity contribution in [3.8, 4) is 0 Å². The van der Waals surface area contributed by atoms with Crippen LogP contribution in [-0.4, -0.2) is 28.2 Å². The number of carbonyl (C=O) groups excluding carboxylic acids is 2. The summed E-state index contributed by atoms with van der Waals surface area (Å²) in [6, 6.07) is 9.95. The fourth-order valence-electron chi connectivity index (χ4n) is 3.31. The molecular weight excluding hydrogens is 290 g/mol. The summed E-state index contributed by atoms with van der Waals surface area (Å²) in [6.45, 7) is 4.60. The largest absolute Gasteiger partial charge is 0.361 e. The van der Waals surface area contributed by atoms with Crippen molar-refractivity contribution < 1.29 is 9.59 Å². The van der Waals surface area contributed by atoms with Gasteiger partial charge in [0.05, 0.1) is 11.6 Å². The Morgan fingerprint density at radius 3 is 2.70 bits per heavy atom. The molecule has 1 saturated heterocycles. The van der Waals surface area contributed by atoms with Crippen molar-refractivity contribution in [1.82, 2.24) is 9.88 Å². The van der Waals surface area contributed by atoms with E-state index in [9.17, 15) is 9.59 Å². The van der Waals surface area contributed by atoms with Crippen LogP contribution in [0.2, 0.25) is 0 Å².